The van der Waals surface area contributed by atoms with E-state index in [0.29, 0.717) is 16.8 Å². The van der Waals surface area contributed by atoms with E-state index in [1.54, 1.807) is 6.07 Å². The van der Waals surface area contributed by atoms with Crippen LogP contribution in [0.4, 0.5) is 0 Å². The minimum Gasteiger partial charge on any atom is -0.216 e. The van der Waals surface area contributed by atoms with Gasteiger partial charge in [0.25, 0.3) is 5.78 Å². The van der Waals surface area contributed by atoms with Crippen LogP contribution in [0.5, 0.6) is 0 Å². The van der Waals surface area contributed by atoms with Gasteiger partial charge in [0, 0.05) is 18.0 Å². The molecule has 0 radical (unpaired) electrons. The third-order valence-corrected chi connectivity index (χ3v) is 2.51. The highest BCUT2D eigenvalue weighted by Crippen LogP contribution is 2.11. The summed E-state index contributed by atoms with van der Waals surface area (Å²) in [7, 11) is 0. The van der Waals surface area contributed by atoms with Crippen molar-refractivity contribution in [1.29, 1.82) is 0 Å². The van der Waals surface area contributed by atoms with Gasteiger partial charge in [-0.25, -0.2) is 4.98 Å². The Morgan fingerprint density at radius 3 is 2.93 bits per heavy atom. The molecule has 0 fully saturated rings. The Balaban J connectivity index is 2.41. The van der Waals surface area contributed by atoms with Crippen LogP contribution >= 0.6 is 23.2 Å². The number of halogens is 2. The highest BCUT2D eigenvalue weighted by Gasteiger charge is 2.07. The minimum atomic E-state index is 0.530. The molecule has 2 heterocycles. The van der Waals surface area contributed by atoms with Gasteiger partial charge in [0.2, 0.25) is 0 Å². The van der Waals surface area contributed by atoms with Crippen LogP contribution in [0.15, 0.2) is 6.07 Å². The largest absolute Gasteiger partial charge is 0.254 e. The summed E-state index contributed by atoms with van der Waals surface area (Å²) in [5, 5.41) is 4.77. The summed E-state index contributed by atoms with van der Waals surface area (Å²) in [5.41, 5.74) is 0.837. The zero-order chi connectivity index (χ0) is 10.8. The summed E-state index contributed by atoms with van der Waals surface area (Å²) in [6.07, 6.45) is 1.61. The second-order valence-electron chi connectivity index (χ2n) is 3.25. The van der Waals surface area contributed by atoms with Gasteiger partial charge in [-0.1, -0.05) is 11.6 Å². The highest BCUT2D eigenvalue weighted by atomic mass is 35.5. The lowest BCUT2D eigenvalue weighted by molar-refractivity contribution is 0.820. The molecule has 2 rings (SSSR count). The van der Waals surface area contributed by atoms with Crippen molar-refractivity contribution in [3.05, 3.63) is 22.7 Å². The second-order valence-corrected chi connectivity index (χ2v) is 4.02. The molecule has 0 unspecified atom stereocenters. The molecule has 0 aliphatic heterocycles. The maximum absolute atomic E-state index is 6.00. The van der Waals surface area contributed by atoms with Crippen molar-refractivity contribution in [2.75, 3.05) is 5.88 Å². The SMILES string of the molecule is Cc1cc(Cl)n2nc(CCCCl)nc2n1. The van der Waals surface area contributed by atoms with Crippen LogP contribution < -0.4 is 0 Å². The van der Waals surface area contributed by atoms with E-state index < -0.39 is 0 Å². The van der Waals surface area contributed by atoms with Gasteiger partial charge in [-0.3, -0.25) is 0 Å². The first kappa shape index (κ1) is 10.6. The zero-order valence-corrected chi connectivity index (χ0v) is 9.76. The van der Waals surface area contributed by atoms with Crippen LogP contribution in [0.2, 0.25) is 5.15 Å². The van der Waals surface area contributed by atoms with Crippen molar-refractivity contribution in [2.45, 2.75) is 19.8 Å². The molecule has 0 aromatic carbocycles. The first-order valence-electron chi connectivity index (χ1n) is 4.65. The van der Waals surface area contributed by atoms with Crippen molar-refractivity contribution in [2.24, 2.45) is 0 Å². The standard InChI is InChI=1S/C9H10Cl2N4/c1-6-5-7(11)15-9(12-6)13-8(14-15)3-2-4-10/h5H,2-4H2,1H3. The molecule has 0 atom stereocenters. The van der Waals surface area contributed by atoms with Crippen LogP contribution in [0, 0.1) is 6.92 Å². The number of hydrogen-bond acceptors (Lipinski definition) is 3. The molecule has 4 nitrogen and oxygen atoms in total. The second kappa shape index (κ2) is 4.33. The number of nitrogens with zero attached hydrogens (tertiary/aromatic N) is 4. The highest BCUT2D eigenvalue weighted by molar-refractivity contribution is 6.29. The Bertz CT molecular complexity index is 480. The van der Waals surface area contributed by atoms with Crippen LogP contribution in [0.1, 0.15) is 17.9 Å². The van der Waals surface area contributed by atoms with Gasteiger partial charge in [-0.15, -0.1) is 16.7 Å². The van der Waals surface area contributed by atoms with Crippen molar-refractivity contribution in [1.82, 2.24) is 19.6 Å². The molecule has 15 heavy (non-hydrogen) atoms. The third kappa shape index (κ3) is 2.21. The molecular formula is C9H10Cl2N4. The third-order valence-electron chi connectivity index (χ3n) is 1.97. The summed E-state index contributed by atoms with van der Waals surface area (Å²) in [6.45, 7) is 1.87. The van der Waals surface area contributed by atoms with E-state index in [4.69, 9.17) is 23.2 Å². The fourth-order valence-electron chi connectivity index (χ4n) is 1.32. The number of hydrogen-bond donors (Lipinski definition) is 0. The number of rotatable bonds is 3. The Labute approximate surface area is 97.2 Å². The Morgan fingerprint density at radius 1 is 1.40 bits per heavy atom. The first-order valence-corrected chi connectivity index (χ1v) is 5.56. The molecule has 0 spiro atoms. The number of alkyl halides is 1. The van der Waals surface area contributed by atoms with E-state index >= 15 is 0 Å². The number of fused-ring (bicyclic) bond motifs is 1. The van der Waals surface area contributed by atoms with Gasteiger partial charge in [0.05, 0.1) is 0 Å². The van der Waals surface area contributed by atoms with Crippen molar-refractivity contribution < 1.29 is 0 Å². The lowest BCUT2D eigenvalue weighted by Crippen LogP contribution is -1.94. The minimum absolute atomic E-state index is 0.530. The van der Waals surface area contributed by atoms with Crippen molar-refractivity contribution >= 4 is 29.0 Å². The monoisotopic (exact) mass is 244 g/mol. The fraction of sp³-hybridized carbons (Fsp3) is 0.444. The quantitative estimate of drug-likeness (QED) is 0.615. The molecule has 0 aliphatic carbocycles. The lowest BCUT2D eigenvalue weighted by Gasteiger charge is -1.95. The van der Waals surface area contributed by atoms with Crippen LogP contribution in [-0.2, 0) is 6.42 Å². The molecule has 0 bridgehead atoms. The summed E-state index contributed by atoms with van der Waals surface area (Å²) >= 11 is 11.6. The van der Waals surface area contributed by atoms with E-state index in [9.17, 15) is 0 Å². The van der Waals surface area contributed by atoms with Gasteiger partial charge >= 0.3 is 0 Å². The smallest absolute Gasteiger partial charge is 0.216 e. The van der Waals surface area contributed by atoms with Gasteiger partial charge in [0.1, 0.15) is 5.15 Å². The van der Waals surface area contributed by atoms with E-state index in [2.05, 4.69) is 15.1 Å². The van der Waals surface area contributed by atoms with E-state index in [-0.39, 0.29) is 0 Å². The van der Waals surface area contributed by atoms with Gasteiger partial charge in [-0.2, -0.15) is 9.50 Å². The van der Waals surface area contributed by atoms with E-state index in [1.807, 2.05) is 6.92 Å². The van der Waals surface area contributed by atoms with Crippen molar-refractivity contribution in [3.63, 3.8) is 0 Å². The van der Waals surface area contributed by atoms with E-state index in [1.165, 1.54) is 4.52 Å². The average molecular weight is 245 g/mol. The molecule has 0 N–H and O–H groups in total. The maximum atomic E-state index is 6.00. The van der Waals surface area contributed by atoms with Crippen LogP contribution in [0.25, 0.3) is 5.78 Å². The van der Waals surface area contributed by atoms with Crippen LogP contribution in [0.3, 0.4) is 0 Å². The zero-order valence-electron chi connectivity index (χ0n) is 8.24. The molecular weight excluding hydrogens is 235 g/mol. The molecule has 6 heteroatoms. The first-order chi connectivity index (χ1) is 7.20. The van der Waals surface area contributed by atoms with Crippen LogP contribution in [-0.4, -0.2) is 25.5 Å². The van der Waals surface area contributed by atoms with Gasteiger partial charge in [-0.05, 0) is 19.4 Å². The number of aryl methyl sites for hydroxylation is 2. The van der Waals surface area contributed by atoms with E-state index in [0.717, 1.165) is 24.4 Å². The molecule has 2 aromatic heterocycles. The Morgan fingerprint density at radius 2 is 2.20 bits per heavy atom. The fourth-order valence-corrected chi connectivity index (χ4v) is 1.72. The molecule has 0 aliphatic rings. The summed E-state index contributed by atoms with van der Waals surface area (Å²) < 4.78 is 1.54. The molecule has 0 saturated heterocycles. The van der Waals surface area contributed by atoms with Gasteiger partial charge in [0.15, 0.2) is 5.82 Å². The normalized spacial score (nSPS) is 11.1. The Kier molecular flexibility index (Phi) is 3.07. The van der Waals surface area contributed by atoms with Gasteiger partial charge < -0.3 is 0 Å². The molecule has 2 aromatic rings. The maximum Gasteiger partial charge on any atom is 0.254 e. The summed E-state index contributed by atoms with van der Waals surface area (Å²) in [6, 6.07) is 1.76. The summed E-state index contributed by atoms with van der Waals surface area (Å²) in [5.74, 6) is 1.88. The molecule has 80 valence electrons. The molecule has 0 saturated carbocycles. The molecule has 0 amide bonds. The topological polar surface area (TPSA) is 43.1 Å². The lowest BCUT2D eigenvalue weighted by atomic mass is 10.3. The van der Waals surface area contributed by atoms with Crippen molar-refractivity contribution in [3.8, 4) is 0 Å². The predicted octanol–water partition coefficient (Wildman–Crippen LogP) is 2.26. The predicted molar refractivity (Wildman–Crippen MR) is 59.6 cm³/mol. The Hall–Kier alpha value is -0.870. The summed E-state index contributed by atoms with van der Waals surface area (Å²) in [4.78, 5) is 8.51. The number of aromatic nitrogens is 4. The average Bonchev–Trinajstić information content (AvgIpc) is 2.57.